The molecule has 3 aromatic rings. The fourth-order valence-electron chi connectivity index (χ4n) is 3.97. The fourth-order valence-corrected chi connectivity index (χ4v) is 3.97. The predicted molar refractivity (Wildman–Crippen MR) is 112 cm³/mol. The third kappa shape index (κ3) is 4.72. The Bertz CT molecular complexity index is 1020. The topological polar surface area (TPSA) is 92.7 Å². The second kappa shape index (κ2) is 9.03. The third-order valence-electron chi connectivity index (χ3n) is 5.55. The van der Waals surface area contributed by atoms with E-state index in [-0.39, 0.29) is 17.5 Å². The van der Waals surface area contributed by atoms with Gasteiger partial charge >= 0.3 is 0 Å². The highest BCUT2D eigenvalue weighted by Crippen LogP contribution is 2.17. The standard InChI is InChI=1S/C22H27N5O2/c28-20(24-16-9-5-2-1-3-6-10-16)14-13-19-25-21-18(22(29)26-19)15-23-27(21)17-11-7-4-8-12-17/h4,7-8,11-12,15-16H,1-3,5-6,9-10,13-14H2,(H,24,28)(H,25,26,29). The van der Waals surface area contributed by atoms with Gasteiger partial charge in [0.2, 0.25) is 5.91 Å². The van der Waals surface area contributed by atoms with E-state index < -0.39 is 0 Å². The summed E-state index contributed by atoms with van der Waals surface area (Å²) >= 11 is 0. The number of hydrogen-bond donors (Lipinski definition) is 2. The molecule has 1 saturated carbocycles. The summed E-state index contributed by atoms with van der Waals surface area (Å²) in [5.74, 6) is 0.530. The van der Waals surface area contributed by atoms with Crippen LogP contribution in [0.15, 0.2) is 41.3 Å². The molecule has 0 unspecified atom stereocenters. The molecule has 29 heavy (non-hydrogen) atoms. The van der Waals surface area contributed by atoms with Gasteiger partial charge in [0.25, 0.3) is 5.56 Å². The minimum Gasteiger partial charge on any atom is -0.353 e. The first kappa shape index (κ1) is 19.4. The van der Waals surface area contributed by atoms with Crippen LogP contribution in [0.2, 0.25) is 0 Å². The Hall–Kier alpha value is -2.96. The smallest absolute Gasteiger partial charge is 0.262 e. The molecule has 7 nitrogen and oxygen atoms in total. The largest absolute Gasteiger partial charge is 0.353 e. The van der Waals surface area contributed by atoms with E-state index in [0.717, 1.165) is 18.5 Å². The Labute approximate surface area is 169 Å². The average molecular weight is 393 g/mol. The molecule has 4 rings (SSSR count). The van der Waals surface area contributed by atoms with Crippen molar-refractivity contribution in [1.29, 1.82) is 0 Å². The normalized spacial score (nSPS) is 15.7. The number of H-pyrrole nitrogens is 1. The zero-order valence-corrected chi connectivity index (χ0v) is 16.6. The van der Waals surface area contributed by atoms with Crippen molar-refractivity contribution in [3.05, 3.63) is 52.7 Å². The Morgan fingerprint density at radius 1 is 1.10 bits per heavy atom. The van der Waals surface area contributed by atoms with Gasteiger partial charge in [0, 0.05) is 18.9 Å². The summed E-state index contributed by atoms with van der Waals surface area (Å²) in [5.41, 5.74) is 1.12. The number of carbonyl (C=O) groups excluding carboxylic acids is 1. The zero-order chi connectivity index (χ0) is 20.1. The number of hydrogen-bond acceptors (Lipinski definition) is 4. The molecule has 2 heterocycles. The molecule has 0 bridgehead atoms. The van der Waals surface area contributed by atoms with Crippen LogP contribution in [0.5, 0.6) is 0 Å². The van der Waals surface area contributed by atoms with E-state index in [1.54, 1.807) is 4.68 Å². The summed E-state index contributed by atoms with van der Waals surface area (Å²) in [6.07, 6.45) is 10.5. The van der Waals surface area contributed by atoms with E-state index in [0.29, 0.717) is 29.7 Å². The lowest BCUT2D eigenvalue weighted by atomic mass is 9.96. The SMILES string of the molecule is O=C(CCc1nc2c(cnn2-c2ccccc2)c(=O)[nH]1)NC1CCCCCCC1. The number of carbonyl (C=O) groups is 1. The van der Waals surface area contributed by atoms with Crippen LogP contribution >= 0.6 is 0 Å². The molecule has 152 valence electrons. The van der Waals surface area contributed by atoms with Crippen LogP contribution in [0.4, 0.5) is 0 Å². The molecule has 1 amide bonds. The Balaban J connectivity index is 1.45. The van der Waals surface area contributed by atoms with Crippen molar-refractivity contribution in [3.8, 4) is 5.69 Å². The number of aromatic amines is 1. The highest BCUT2D eigenvalue weighted by atomic mass is 16.1. The summed E-state index contributed by atoms with van der Waals surface area (Å²) < 4.78 is 1.66. The van der Waals surface area contributed by atoms with Crippen LogP contribution in [0, 0.1) is 0 Å². The molecule has 0 aliphatic heterocycles. The van der Waals surface area contributed by atoms with Crippen LogP contribution in [0.3, 0.4) is 0 Å². The molecule has 2 N–H and O–H groups in total. The number of amides is 1. The summed E-state index contributed by atoms with van der Waals surface area (Å²) in [4.78, 5) is 32.2. The van der Waals surface area contributed by atoms with Gasteiger partial charge in [-0.1, -0.05) is 50.3 Å². The molecule has 2 aromatic heterocycles. The Kier molecular flexibility index (Phi) is 6.03. The van der Waals surface area contributed by atoms with Crippen molar-refractivity contribution < 1.29 is 4.79 Å². The molecule has 1 aliphatic rings. The molecule has 1 aromatic carbocycles. The van der Waals surface area contributed by atoms with Gasteiger partial charge < -0.3 is 10.3 Å². The number of fused-ring (bicyclic) bond motifs is 1. The van der Waals surface area contributed by atoms with E-state index in [1.807, 2.05) is 30.3 Å². The summed E-state index contributed by atoms with van der Waals surface area (Å²) in [7, 11) is 0. The quantitative estimate of drug-likeness (QED) is 0.696. The maximum atomic E-state index is 12.4. The van der Waals surface area contributed by atoms with Gasteiger partial charge in [0.05, 0.1) is 11.9 Å². The van der Waals surface area contributed by atoms with E-state index in [2.05, 4.69) is 20.4 Å². The lowest BCUT2D eigenvalue weighted by Crippen LogP contribution is -2.35. The van der Waals surface area contributed by atoms with Crippen molar-refractivity contribution >= 4 is 16.9 Å². The minimum absolute atomic E-state index is 0.0230. The first-order chi connectivity index (χ1) is 14.2. The maximum absolute atomic E-state index is 12.4. The molecular weight excluding hydrogens is 366 g/mol. The third-order valence-corrected chi connectivity index (χ3v) is 5.55. The van der Waals surface area contributed by atoms with Gasteiger partial charge in [-0.3, -0.25) is 9.59 Å². The second-order valence-electron chi connectivity index (χ2n) is 7.75. The molecule has 0 radical (unpaired) electrons. The molecule has 7 heteroatoms. The van der Waals surface area contributed by atoms with Crippen molar-refractivity contribution in [3.63, 3.8) is 0 Å². The molecule has 1 fully saturated rings. The van der Waals surface area contributed by atoms with Crippen LogP contribution in [0.25, 0.3) is 16.7 Å². The van der Waals surface area contributed by atoms with Gasteiger partial charge in [-0.15, -0.1) is 0 Å². The van der Waals surface area contributed by atoms with Gasteiger partial charge in [0.15, 0.2) is 5.65 Å². The lowest BCUT2D eigenvalue weighted by Gasteiger charge is -2.21. The number of nitrogens with zero attached hydrogens (tertiary/aromatic N) is 3. The summed E-state index contributed by atoms with van der Waals surface area (Å²) in [6.45, 7) is 0. The second-order valence-corrected chi connectivity index (χ2v) is 7.75. The average Bonchev–Trinajstić information content (AvgIpc) is 3.14. The first-order valence-electron chi connectivity index (χ1n) is 10.5. The predicted octanol–water partition coefficient (Wildman–Crippen LogP) is 3.27. The van der Waals surface area contributed by atoms with E-state index >= 15 is 0 Å². The van der Waals surface area contributed by atoms with Crippen molar-refractivity contribution in [2.24, 2.45) is 0 Å². The summed E-state index contributed by atoms with van der Waals surface area (Å²) in [5, 5.41) is 7.92. The number of para-hydroxylation sites is 1. The first-order valence-corrected chi connectivity index (χ1v) is 10.5. The lowest BCUT2D eigenvalue weighted by molar-refractivity contribution is -0.121. The van der Waals surface area contributed by atoms with Crippen molar-refractivity contribution in [1.82, 2.24) is 25.1 Å². The molecule has 0 saturated heterocycles. The number of benzene rings is 1. The van der Waals surface area contributed by atoms with Crippen LogP contribution in [-0.2, 0) is 11.2 Å². The highest BCUT2D eigenvalue weighted by molar-refractivity contribution is 5.77. The fraction of sp³-hybridized carbons (Fsp3) is 0.455. The van der Waals surface area contributed by atoms with Gasteiger partial charge in [-0.25, -0.2) is 9.67 Å². The molecular formula is C22H27N5O2. The van der Waals surface area contributed by atoms with Gasteiger partial charge in [0.1, 0.15) is 11.2 Å². The molecule has 0 spiro atoms. The van der Waals surface area contributed by atoms with Gasteiger partial charge in [-0.05, 0) is 25.0 Å². The number of aryl methyl sites for hydroxylation is 1. The van der Waals surface area contributed by atoms with Crippen molar-refractivity contribution in [2.75, 3.05) is 0 Å². The van der Waals surface area contributed by atoms with Gasteiger partial charge in [-0.2, -0.15) is 5.10 Å². The number of aromatic nitrogens is 4. The molecule has 1 aliphatic carbocycles. The summed E-state index contributed by atoms with van der Waals surface area (Å²) in [6, 6.07) is 9.86. The van der Waals surface area contributed by atoms with E-state index in [9.17, 15) is 9.59 Å². The van der Waals surface area contributed by atoms with Crippen molar-refractivity contribution in [2.45, 2.75) is 63.8 Å². The molecule has 0 atom stereocenters. The van der Waals surface area contributed by atoms with Crippen LogP contribution < -0.4 is 10.9 Å². The van der Waals surface area contributed by atoms with Crippen LogP contribution in [0.1, 0.15) is 57.2 Å². The van der Waals surface area contributed by atoms with Crippen LogP contribution in [-0.4, -0.2) is 31.7 Å². The van der Waals surface area contributed by atoms with E-state index in [1.165, 1.54) is 38.3 Å². The monoisotopic (exact) mass is 393 g/mol. The maximum Gasteiger partial charge on any atom is 0.262 e. The number of nitrogens with one attached hydrogen (secondary N) is 2. The van der Waals surface area contributed by atoms with E-state index in [4.69, 9.17) is 0 Å². The zero-order valence-electron chi connectivity index (χ0n) is 16.6. The number of rotatable bonds is 5. The Morgan fingerprint density at radius 3 is 2.59 bits per heavy atom. The Morgan fingerprint density at radius 2 is 1.83 bits per heavy atom. The highest BCUT2D eigenvalue weighted by Gasteiger charge is 2.15. The minimum atomic E-state index is -0.229.